The van der Waals surface area contributed by atoms with Gasteiger partial charge in [-0.15, -0.1) is 0 Å². The SMILES string of the molecule is CCNC(CC)CN1CCN(c2ccccc2OC)CC1. The van der Waals surface area contributed by atoms with Crippen molar-refractivity contribution >= 4 is 5.69 Å². The first-order valence-corrected chi connectivity index (χ1v) is 8.12. The van der Waals surface area contributed by atoms with Gasteiger partial charge in [0.15, 0.2) is 0 Å². The number of piperazine rings is 1. The Morgan fingerprint density at radius 3 is 2.48 bits per heavy atom. The molecule has 1 aliphatic heterocycles. The molecule has 0 aliphatic carbocycles. The molecule has 2 rings (SSSR count). The summed E-state index contributed by atoms with van der Waals surface area (Å²) in [6.07, 6.45) is 1.20. The van der Waals surface area contributed by atoms with Crippen LogP contribution >= 0.6 is 0 Å². The van der Waals surface area contributed by atoms with Gasteiger partial charge in [-0.2, -0.15) is 0 Å². The molecule has 1 unspecified atom stereocenters. The van der Waals surface area contributed by atoms with Crippen LogP contribution < -0.4 is 15.0 Å². The highest BCUT2D eigenvalue weighted by atomic mass is 16.5. The quantitative estimate of drug-likeness (QED) is 0.833. The molecule has 118 valence electrons. The van der Waals surface area contributed by atoms with Crippen LogP contribution in [0.5, 0.6) is 5.75 Å². The zero-order chi connectivity index (χ0) is 15.1. The molecular weight excluding hydrogens is 262 g/mol. The van der Waals surface area contributed by atoms with Crippen molar-refractivity contribution in [1.82, 2.24) is 10.2 Å². The van der Waals surface area contributed by atoms with Gasteiger partial charge in [-0.3, -0.25) is 4.90 Å². The molecule has 0 aromatic heterocycles. The van der Waals surface area contributed by atoms with Gasteiger partial charge in [-0.1, -0.05) is 26.0 Å². The molecule has 1 saturated heterocycles. The average Bonchev–Trinajstić information content (AvgIpc) is 2.55. The van der Waals surface area contributed by atoms with Crippen LogP contribution in [0.4, 0.5) is 5.69 Å². The standard InChI is InChI=1S/C17H29N3O/c1-4-15(18-5-2)14-19-10-12-20(13-11-19)16-8-6-7-9-17(16)21-3/h6-9,15,18H,4-5,10-14H2,1-3H3. The number of nitrogens with one attached hydrogen (secondary N) is 1. The van der Waals surface area contributed by atoms with Crippen LogP contribution in [-0.4, -0.2) is 57.3 Å². The second-order valence-corrected chi connectivity index (χ2v) is 5.62. The van der Waals surface area contributed by atoms with Crippen molar-refractivity contribution in [1.29, 1.82) is 0 Å². The summed E-state index contributed by atoms with van der Waals surface area (Å²) in [4.78, 5) is 5.01. The molecule has 0 bridgehead atoms. The Morgan fingerprint density at radius 2 is 1.86 bits per heavy atom. The molecule has 4 heteroatoms. The molecule has 1 aliphatic rings. The van der Waals surface area contributed by atoms with E-state index in [4.69, 9.17) is 4.74 Å². The van der Waals surface area contributed by atoms with E-state index >= 15 is 0 Å². The number of para-hydroxylation sites is 2. The molecule has 1 atom stereocenters. The minimum Gasteiger partial charge on any atom is -0.495 e. The highest BCUT2D eigenvalue weighted by Crippen LogP contribution is 2.28. The predicted octanol–water partition coefficient (Wildman–Crippen LogP) is 2.21. The Morgan fingerprint density at radius 1 is 1.14 bits per heavy atom. The largest absolute Gasteiger partial charge is 0.495 e. The van der Waals surface area contributed by atoms with Gasteiger partial charge in [-0.25, -0.2) is 0 Å². The zero-order valence-corrected chi connectivity index (χ0v) is 13.6. The van der Waals surface area contributed by atoms with Gasteiger partial charge < -0.3 is 15.0 Å². The number of hydrogen-bond acceptors (Lipinski definition) is 4. The van der Waals surface area contributed by atoms with Crippen LogP contribution in [0.25, 0.3) is 0 Å². The molecule has 1 aromatic carbocycles. The maximum Gasteiger partial charge on any atom is 0.142 e. The number of anilines is 1. The number of benzene rings is 1. The third-order valence-electron chi connectivity index (χ3n) is 4.26. The monoisotopic (exact) mass is 291 g/mol. The van der Waals surface area contributed by atoms with E-state index in [1.807, 2.05) is 12.1 Å². The second-order valence-electron chi connectivity index (χ2n) is 5.62. The minimum atomic E-state index is 0.618. The van der Waals surface area contributed by atoms with Crippen LogP contribution in [-0.2, 0) is 0 Å². The lowest BCUT2D eigenvalue weighted by Crippen LogP contribution is -2.50. The highest BCUT2D eigenvalue weighted by Gasteiger charge is 2.20. The Hall–Kier alpha value is -1.26. The van der Waals surface area contributed by atoms with Crippen LogP contribution in [0.2, 0.25) is 0 Å². The van der Waals surface area contributed by atoms with Crippen LogP contribution in [0, 0.1) is 0 Å². The van der Waals surface area contributed by atoms with E-state index < -0.39 is 0 Å². The fraction of sp³-hybridized carbons (Fsp3) is 0.647. The average molecular weight is 291 g/mol. The number of nitrogens with zero attached hydrogens (tertiary/aromatic N) is 2. The fourth-order valence-electron chi connectivity index (χ4n) is 3.00. The van der Waals surface area contributed by atoms with Crippen molar-refractivity contribution in [2.24, 2.45) is 0 Å². The molecule has 0 saturated carbocycles. The van der Waals surface area contributed by atoms with Gasteiger partial charge in [-0.05, 0) is 25.1 Å². The lowest BCUT2D eigenvalue weighted by atomic mass is 10.1. The van der Waals surface area contributed by atoms with Crippen molar-refractivity contribution in [2.45, 2.75) is 26.3 Å². The summed E-state index contributed by atoms with van der Waals surface area (Å²) in [6, 6.07) is 8.93. The molecule has 0 radical (unpaired) electrons. The van der Waals surface area contributed by atoms with Crippen LogP contribution in [0.3, 0.4) is 0 Å². The molecule has 1 N–H and O–H groups in total. The Balaban J connectivity index is 1.88. The summed E-state index contributed by atoms with van der Waals surface area (Å²) < 4.78 is 5.47. The lowest BCUT2D eigenvalue weighted by molar-refractivity contribution is 0.227. The Bertz CT molecular complexity index is 416. The Kier molecular flexibility index (Phi) is 6.33. The van der Waals surface area contributed by atoms with Crippen molar-refractivity contribution in [3.05, 3.63) is 24.3 Å². The van der Waals surface area contributed by atoms with E-state index in [0.717, 1.165) is 45.0 Å². The molecule has 4 nitrogen and oxygen atoms in total. The number of likely N-dealkylation sites (N-methyl/N-ethyl adjacent to an activating group) is 1. The predicted molar refractivity (Wildman–Crippen MR) is 89.4 cm³/mol. The van der Waals surface area contributed by atoms with Crippen LogP contribution in [0.15, 0.2) is 24.3 Å². The van der Waals surface area contributed by atoms with E-state index in [0.29, 0.717) is 6.04 Å². The topological polar surface area (TPSA) is 27.7 Å². The van der Waals surface area contributed by atoms with E-state index in [1.54, 1.807) is 7.11 Å². The maximum atomic E-state index is 5.47. The first-order chi connectivity index (χ1) is 10.3. The second kappa shape index (κ2) is 8.25. The summed E-state index contributed by atoms with van der Waals surface area (Å²) in [7, 11) is 1.75. The van der Waals surface area contributed by atoms with Gasteiger partial charge >= 0.3 is 0 Å². The van der Waals surface area contributed by atoms with Gasteiger partial charge in [0.1, 0.15) is 5.75 Å². The minimum absolute atomic E-state index is 0.618. The van der Waals surface area contributed by atoms with Gasteiger partial charge in [0.05, 0.1) is 12.8 Å². The fourth-order valence-corrected chi connectivity index (χ4v) is 3.00. The smallest absolute Gasteiger partial charge is 0.142 e. The first kappa shape index (κ1) is 16.1. The zero-order valence-electron chi connectivity index (χ0n) is 13.6. The third kappa shape index (κ3) is 4.35. The molecule has 21 heavy (non-hydrogen) atoms. The van der Waals surface area contributed by atoms with E-state index in [-0.39, 0.29) is 0 Å². The van der Waals surface area contributed by atoms with Gasteiger partial charge in [0, 0.05) is 38.8 Å². The highest BCUT2D eigenvalue weighted by molar-refractivity contribution is 5.58. The molecule has 0 spiro atoms. The maximum absolute atomic E-state index is 5.47. The van der Waals surface area contributed by atoms with E-state index in [9.17, 15) is 0 Å². The van der Waals surface area contributed by atoms with Gasteiger partial charge in [0.2, 0.25) is 0 Å². The Labute approximate surface area is 129 Å². The van der Waals surface area contributed by atoms with Crippen molar-refractivity contribution in [3.63, 3.8) is 0 Å². The molecular formula is C17H29N3O. The number of hydrogen-bond donors (Lipinski definition) is 1. The number of methoxy groups -OCH3 is 1. The number of ether oxygens (including phenoxy) is 1. The summed E-state index contributed by atoms with van der Waals surface area (Å²) in [5.74, 6) is 0.977. The van der Waals surface area contributed by atoms with E-state index in [1.165, 1.54) is 12.1 Å². The summed E-state index contributed by atoms with van der Waals surface area (Å²) in [5, 5.41) is 3.57. The molecule has 1 fully saturated rings. The van der Waals surface area contributed by atoms with Crippen molar-refractivity contribution < 1.29 is 4.74 Å². The molecule has 0 amide bonds. The number of rotatable bonds is 7. The first-order valence-electron chi connectivity index (χ1n) is 8.12. The van der Waals surface area contributed by atoms with Crippen LogP contribution in [0.1, 0.15) is 20.3 Å². The third-order valence-corrected chi connectivity index (χ3v) is 4.26. The normalized spacial score (nSPS) is 17.8. The lowest BCUT2D eigenvalue weighted by Gasteiger charge is -2.38. The summed E-state index contributed by atoms with van der Waals surface area (Å²) in [5.41, 5.74) is 1.22. The van der Waals surface area contributed by atoms with E-state index in [2.05, 4.69) is 41.1 Å². The summed E-state index contributed by atoms with van der Waals surface area (Å²) in [6.45, 7) is 11.1. The molecule has 1 heterocycles. The van der Waals surface area contributed by atoms with Gasteiger partial charge in [0.25, 0.3) is 0 Å². The van der Waals surface area contributed by atoms with Crippen molar-refractivity contribution in [3.8, 4) is 5.75 Å². The van der Waals surface area contributed by atoms with Crippen molar-refractivity contribution in [2.75, 3.05) is 51.3 Å². The summed E-state index contributed by atoms with van der Waals surface area (Å²) >= 11 is 0. The molecule has 1 aromatic rings.